The number of nitrogens with one attached hydrogen (secondary N) is 1. The summed E-state index contributed by atoms with van der Waals surface area (Å²) < 4.78 is 10.6. The Morgan fingerprint density at radius 1 is 1.05 bits per heavy atom. The maximum absolute atomic E-state index is 5.34. The van der Waals surface area contributed by atoms with Crippen LogP contribution < -0.4 is 14.8 Å². The zero-order valence-corrected chi connectivity index (χ0v) is 12.9. The van der Waals surface area contributed by atoms with Crippen molar-refractivity contribution in [2.75, 3.05) is 14.2 Å². The van der Waals surface area contributed by atoms with Gasteiger partial charge < -0.3 is 14.8 Å². The first kappa shape index (κ1) is 15.2. The molecular formula is C17H27NO2. The second kappa shape index (κ2) is 7.53. The molecule has 1 aromatic carbocycles. The van der Waals surface area contributed by atoms with Gasteiger partial charge in [-0.3, -0.25) is 0 Å². The van der Waals surface area contributed by atoms with E-state index in [0.29, 0.717) is 6.04 Å². The van der Waals surface area contributed by atoms with Crippen LogP contribution in [0.15, 0.2) is 18.2 Å². The van der Waals surface area contributed by atoms with E-state index in [1.807, 2.05) is 6.07 Å². The summed E-state index contributed by atoms with van der Waals surface area (Å²) in [5.74, 6) is 2.55. The minimum absolute atomic E-state index is 0.672. The average Bonchev–Trinajstić information content (AvgIpc) is 2.53. The van der Waals surface area contributed by atoms with Crippen molar-refractivity contribution in [2.24, 2.45) is 5.92 Å². The molecule has 0 saturated heterocycles. The Kier molecular flexibility index (Phi) is 5.72. The van der Waals surface area contributed by atoms with Gasteiger partial charge >= 0.3 is 0 Å². The van der Waals surface area contributed by atoms with Crippen molar-refractivity contribution >= 4 is 0 Å². The fourth-order valence-corrected chi connectivity index (χ4v) is 3.03. The summed E-state index contributed by atoms with van der Waals surface area (Å²) >= 11 is 0. The molecule has 0 atom stereocenters. The highest BCUT2D eigenvalue weighted by molar-refractivity contribution is 5.42. The number of ether oxygens (including phenoxy) is 2. The number of benzene rings is 1. The number of hydrogen-bond acceptors (Lipinski definition) is 3. The third-order valence-corrected chi connectivity index (χ3v) is 4.47. The predicted molar refractivity (Wildman–Crippen MR) is 82.4 cm³/mol. The van der Waals surface area contributed by atoms with E-state index in [1.165, 1.54) is 37.7 Å². The third-order valence-electron chi connectivity index (χ3n) is 4.47. The summed E-state index contributed by atoms with van der Waals surface area (Å²) in [5.41, 5.74) is 1.25. The van der Waals surface area contributed by atoms with Gasteiger partial charge in [0.25, 0.3) is 0 Å². The van der Waals surface area contributed by atoms with Gasteiger partial charge in [-0.1, -0.05) is 19.4 Å². The molecule has 2 rings (SSSR count). The molecule has 0 aliphatic heterocycles. The Labute approximate surface area is 122 Å². The summed E-state index contributed by atoms with van der Waals surface area (Å²) in [4.78, 5) is 0. The molecule has 20 heavy (non-hydrogen) atoms. The van der Waals surface area contributed by atoms with E-state index in [4.69, 9.17) is 9.47 Å². The second-order valence-electron chi connectivity index (χ2n) is 5.70. The van der Waals surface area contributed by atoms with E-state index in [0.717, 1.165) is 24.0 Å². The van der Waals surface area contributed by atoms with Crippen LogP contribution in [0.25, 0.3) is 0 Å². The number of hydrogen-bond donors (Lipinski definition) is 1. The van der Waals surface area contributed by atoms with Gasteiger partial charge in [0.05, 0.1) is 14.2 Å². The standard InChI is InChI=1S/C17H27NO2/c1-4-13-5-8-15(9-6-13)18-12-14-7-10-16(19-2)17(11-14)20-3/h7,10-11,13,15,18H,4-6,8-9,12H2,1-3H3. The van der Waals surface area contributed by atoms with Crippen LogP contribution in [0.5, 0.6) is 11.5 Å². The molecule has 0 amide bonds. The van der Waals surface area contributed by atoms with Crippen molar-refractivity contribution in [3.05, 3.63) is 23.8 Å². The van der Waals surface area contributed by atoms with E-state index >= 15 is 0 Å². The van der Waals surface area contributed by atoms with Gasteiger partial charge in [0, 0.05) is 12.6 Å². The molecule has 1 fully saturated rings. The van der Waals surface area contributed by atoms with Crippen molar-refractivity contribution in [2.45, 2.75) is 51.6 Å². The highest BCUT2D eigenvalue weighted by Gasteiger charge is 2.19. The van der Waals surface area contributed by atoms with Crippen LogP contribution in [0.4, 0.5) is 0 Å². The fourth-order valence-electron chi connectivity index (χ4n) is 3.03. The Morgan fingerprint density at radius 2 is 1.75 bits per heavy atom. The molecular weight excluding hydrogens is 250 g/mol. The first-order valence-electron chi connectivity index (χ1n) is 7.71. The first-order valence-corrected chi connectivity index (χ1v) is 7.71. The lowest BCUT2D eigenvalue weighted by Gasteiger charge is -2.28. The van der Waals surface area contributed by atoms with Crippen LogP contribution in [0.3, 0.4) is 0 Å². The second-order valence-corrected chi connectivity index (χ2v) is 5.70. The molecule has 1 aromatic rings. The summed E-state index contributed by atoms with van der Waals surface area (Å²) in [5, 5.41) is 3.67. The minimum atomic E-state index is 0.672. The molecule has 0 bridgehead atoms. The molecule has 3 nitrogen and oxygen atoms in total. The lowest BCUT2D eigenvalue weighted by Crippen LogP contribution is -2.32. The molecule has 0 aromatic heterocycles. The summed E-state index contributed by atoms with van der Waals surface area (Å²) in [7, 11) is 3.35. The Morgan fingerprint density at radius 3 is 2.35 bits per heavy atom. The van der Waals surface area contributed by atoms with Gasteiger partial charge in [-0.2, -0.15) is 0 Å². The van der Waals surface area contributed by atoms with Crippen molar-refractivity contribution in [3.8, 4) is 11.5 Å². The number of rotatable bonds is 6. The maximum Gasteiger partial charge on any atom is 0.161 e. The molecule has 1 saturated carbocycles. The van der Waals surface area contributed by atoms with E-state index in [2.05, 4.69) is 24.4 Å². The average molecular weight is 277 g/mol. The number of methoxy groups -OCH3 is 2. The normalized spacial score (nSPS) is 22.6. The highest BCUT2D eigenvalue weighted by atomic mass is 16.5. The lowest BCUT2D eigenvalue weighted by atomic mass is 9.84. The predicted octanol–water partition coefficient (Wildman–Crippen LogP) is 3.76. The molecule has 0 unspecified atom stereocenters. The largest absolute Gasteiger partial charge is 0.493 e. The molecule has 0 heterocycles. The van der Waals surface area contributed by atoms with Gasteiger partial charge in [-0.25, -0.2) is 0 Å². The van der Waals surface area contributed by atoms with Crippen molar-refractivity contribution in [1.82, 2.24) is 5.32 Å². The highest BCUT2D eigenvalue weighted by Crippen LogP contribution is 2.29. The van der Waals surface area contributed by atoms with Gasteiger partial charge in [0.15, 0.2) is 11.5 Å². The summed E-state index contributed by atoms with van der Waals surface area (Å²) in [6, 6.07) is 6.81. The van der Waals surface area contributed by atoms with Crippen LogP contribution in [0.1, 0.15) is 44.6 Å². The van der Waals surface area contributed by atoms with Crippen LogP contribution in [-0.2, 0) is 6.54 Å². The monoisotopic (exact) mass is 277 g/mol. The van der Waals surface area contributed by atoms with E-state index in [-0.39, 0.29) is 0 Å². The van der Waals surface area contributed by atoms with Gasteiger partial charge in [-0.05, 0) is 49.3 Å². The summed E-state index contributed by atoms with van der Waals surface area (Å²) in [6.07, 6.45) is 6.71. The van der Waals surface area contributed by atoms with Gasteiger partial charge in [0.2, 0.25) is 0 Å². The smallest absolute Gasteiger partial charge is 0.161 e. The summed E-state index contributed by atoms with van der Waals surface area (Å²) in [6.45, 7) is 3.21. The first-order chi connectivity index (χ1) is 9.76. The Hall–Kier alpha value is -1.22. The topological polar surface area (TPSA) is 30.5 Å². The molecule has 1 N–H and O–H groups in total. The fraction of sp³-hybridized carbons (Fsp3) is 0.647. The molecule has 1 aliphatic carbocycles. The molecule has 0 radical (unpaired) electrons. The van der Waals surface area contributed by atoms with E-state index in [1.54, 1.807) is 14.2 Å². The van der Waals surface area contributed by atoms with Crippen molar-refractivity contribution in [1.29, 1.82) is 0 Å². The Balaban J connectivity index is 1.85. The minimum Gasteiger partial charge on any atom is -0.493 e. The SMILES string of the molecule is CCC1CCC(NCc2ccc(OC)c(OC)c2)CC1. The van der Waals surface area contributed by atoms with Crippen LogP contribution >= 0.6 is 0 Å². The van der Waals surface area contributed by atoms with Crippen molar-refractivity contribution < 1.29 is 9.47 Å². The Bertz CT molecular complexity index is 411. The van der Waals surface area contributed by atoms with Gasteiger partial charge in [0.1, 0.15) is 0 Å². The lowest BCUT2D eigenvalue weighted by molar-refractivity contribution is 0.285. The van der Waals surface area contributed by atoms with E-state index < -0.39 is 0 Å². The molecule has 112 valence electrons. The zero-order valence-electron chi connectivity index (χ0n) is 12.9. The van der Waals surface area contributed by atoms with Crippen LogP contribution in [-0.4, -0.2) is 20.3 Å². The molecule has 0 spiro atoms. The van der Waals surface area contributed by atoms with Crippen LogP contribution in [0, 0.1) is 5.92 Å². The molecule has 3 heteroatoms. The van der Waals surface area contributed by atoms with E-state index in [9.17, 15) is 0 Å². The van der Waals surface area contributed by atoms with Crippen molar-refractivity contribution in [3.63, 3.8) is 0 Å². The van der Waals surface area contributed by atoms with Crippen LogP contribution in [0.2, 0.25) is 0 Å². The van der Waals surface area contributed by atoms with Gasteiger partial charge in [-0.15, -0.1) is 0 Å². The third kappa shape index (κ3) is 3.89. The molecule has 1 aliphatic rings. The zero-order chi connectivity index (χ0) is 14.4. The maximum atomic E-state index is 5.34. The quantitative estimate of drug-likeness (QED) is 0.858.